The topological polar surface area (TPSA) is 105 Å². The molecule has 1 aromatic carbocycles. The maximum absolute atomic E-state index is 12.8. The summed E-state index contributed by atoms with van der Waals surface area (Å²) < 4.78 is 0. The van der Waals surface area contributed by atoms with Gasteiger partial charge in [0.05, 0.1) is 18.2 Å². The molecular weight excluding hydrogens is 348 g/mol. The van der Waals surface area contributed by atoms with E-state index < -0.39 is 35.7 Å². The Hall–Kier alpha value is -2.70. The largest absolute Gasteiger partial charge is 0.481 e. The standard InChI is InChI=1S/C20H26N2O5/c1-5-20(19(26)21-16(13(4)23)10-18(24)25)11-17(22-27-20)15-9-7-6-8-14(15)12(2)3/h6-9,12,16H,5,10-11H2,1-4H3,(H,21,26)(H,24,25). The van der Waals surface area contributed by atoms with Gasteiger partial charge >= 0.3 is 5.97 Å². The summed E-state index contributed by atoms with van der Waals surface area (Å²) in [6, 6.07) is 6.75. The monoisotopic (exact) mass is 374 g/mol. The van der Waals surface area contributed by atoms with E-state index in [0.29, 0.717) is 12.1 Å². The molecule has 1 aliphatic heterocycles. The van der Waals surface area contributed by atoms with Gasteiger partial charge < -0.3 is 15.3 Å². The summed E-state index contributed by atoms with van der Waals surface area (Å²) in [5.74, 6) is -1.81. The Labute approximate surface area is 158 Å². The normalized spacial score (nSPS) is 20.0. The number of oxime groups is 1. The van der Waals surface area contributed by atoms with E-state index >= 15 is 0 Å². The quantitative estimate of drug-likeness (QED) is 0.728. The van der Waals surface area contributed by atoms with E-state index in [9.17, 15) is 14.4 Å². The molecule has 27 heavy (non-hydrogen) atoms. The van der Waals surface area contributed by atoms with Gasteiger partial charge in [0.1, 0.15) is 0 Å². The Morgan fingerprint density at radius 1 is 1.30 bits per heavy atom. The Bertz CT molecular complexity index is 771. The van der Waals surface area contributed by atoms with E-state index in [1.165, 1.54) is 6.92 Å². The Balaban J connectivity index is 2.22. The molecule has 146 valence electrons. The van der Waals surface area contributed by atoms with Crippen LogP contribution in [0.25, 0.3) is 0 Å². The van der Waals surface area contributed by atoms with Gasteiger partial charge in [0.2, 0.25) is 5.60 Å². The lowest BCUT2D eigenvalue weighted by atomic mass is 9.87. The molecule has 0 saturated heterocycles. The molecule has 2 N–H and O–H groups in total. The van der Waals surface area contributed by atoms with Gasteiger partial charge in [-0.25, -0.2) is 0 Å². The molecule has 0 saturated carbocycles. The fraction of sp³-hybridized carbons (Fsp3) is 0.500. The number of nitrogens with one attached hydrogen (secondary N) is 1. The van der Waals surface area contributed by atoms with Crippen molar-refractivity contribution in [1.82, 2.24) is 5.32 Å². The number of carbonyl (C=O) groups excluding carboxylic acids is 2. The maximum atomic E-state index is 12.8. The zero-order valence-corrected chi connectivity index (χ0v) is 16.1. The molecule has 0 radical (unpaired) electrons. The zero-order chi connectivity index (χ0) is 20.2. The lowest BCUT2D eigenvalue weighted by Gasteiger charge is -2.26. The highest BCUT2D eigenvalue weighted by Gasteiger charge is 2.46. The van der Waals surface area contributed by atoms with Crippen molar-refractivity contribution >= 4 is 23.4 Å². The number of amides is 1. The van der Waals surface area contributed by atoms with E-state index in [-0.39, 0.29) is 12.3 Å². The van der Waals surface area contributed by atoms with Crippen LogP contribution in [0, 0.1) is 0 Å². The second-order valence-electron chi connectivity index (χ2n) is 7.13. The third-order valence-corrected chi connectivity index (χ3v) is 4.84. The van der Waals surface area contributed by atoms with E-state index in [4.69, 9.17) is 9.94 Å². The summed E-state index contributed by atoms with van der Waals surface area (Å²) in [7, 11) is 0. The first kappa shape index (κ1) is 20.6. The SMILES string of the molecule is CCC1(C(=O)NC(CC(=O)O)C(C)=O)CC(c2ccccc2C(C)C)=NO1. The van der Waals surface area contributed by atoms with Crippen molar-refractivity contribution in [2.75, 3.05) is 0 Å². The van der Waals surface area contributed by atoms with Crippen molar-refractivity contribution in [3.63, 3.8) is 0 Å². The molecule has 7 nitrogen and oxygen atoms in total. The number of carboxylic acids is 1. The third-order valence-electron chi connectivity index (χ3n) is 4.84. The maximum Gasteiger partial charge on any atom is 0.305 e. The summed E-state index contributed by atoms with van der Waals surface area (Å²) in [5, 5.41) is 15.6. The Kier molecular flexibility index (Phi) is 6.36. The van der Waals surface area contributed by atoms with Crippen LogP contribution in [0.3, 0.4) is 0 Å². The predicted octanol–water partition coefficient (Wildman–Crippen LogP) is 2.63. The Morgan fingerprint density at radius 2 is 1.96 bits per heavy atom. The molecule has 1 aliphatic rings. The molecule has 2 unspecified atom stereocenters. The molecule has 2 rings (SSSR count). The van der Waals surface area contributed by atoms with Crippen molar-refractivity contribution in [1.29, 1.82) is 0 Å². The van der Waals surface area contributed by atoms with Crippen molar-refractivity contribution in [3.8, 4) is 0 Å². The molecule has 0 fully saturated rings. The van der Waals surface area contributed by atoms with Crippen LogP contribution >= 0.6 is 0 Å². The average Bonchev–Trinajstić information content (AvgIpc) is 3.06. The van der Waals surface area contributed by atoms with Crippen molar-refractivity contribution in [2.45, 2.75) is 64.5 Å². The van der Waals surface area contributed by atoms with Crippen molar-refractivity contribution in [2.24, 2.45) is 5.16 Å². The molecule has 0 aromatic heterocycles. The molecule has 1 amide bonds. The van der Waals surface area contributed by atoms with Gasteiger partial charge in [0.15, 0.2) is 5.78 Å². The second kappa shape index (κ2) is 8.33. The fourth-order valence-electron chi connectivity index (χ4n) is 3.12. The predicted molar refractivity (Wildman–Crippen MR) is 101 cm³/mol. The van der Waals surface area contributed by atoms with E-state index in [0.717, 1.165) is 11.1 Å². The first-order valence-corrected chi connectivity index (χ1v) is 9.07. The molecule has 7 heteroatoms. The number of Topliss-reactive ketones (excluding diaryl/α,β-unsaturated/α-hetero) is 1. The van der Waals surface area contributed by atoms with Crippen LogP contribution in [-0.4, -0.2) is 40.1 Å². The molecule has 2 atom stereocenters. The van der Waals surface area contributed by atoms with Crippen LogP contribution in [0.5, 0.6) is 0 Å². The Morgan fingerprint density at radius 3 is 2.52 bits per heavy atom. The molecule has 0 aliphatic carbocycles. The molecular formula is C20H26N2O5. The van der Waals surface area contributed by atoms with Crippen molar-refractivity contribution in [3.05, 3.63) is 35.4 Å². The molecule has 0 spiro atoms. The van der Waals surface area contributed by atoms with E-state index in [1.54, 1.807) is 6.92 Å². The van der Waals surface area contributed by atoms with Gasteiger partial charge in [-0.3, -0.25) is 14.4 Å². The van der Waals surface area contributed by atoms with Crippen LogP contribution in [0.15, 0.2) is 29.4 Å². The lowest BCUT2D eigenvalue weighted by Crippen LogP contribution is -2.52. The number of benzene rings is 1. The number of hydrogen-bond acceptors (Lipinski definition) is 5. The smallest absolute Gasteiger partial charge is 0.305 e. The van der Waals surface area contributed by atoms with Crippen LogP contribution in [-0.2, 0) is 19.2 Å². The van der Waals surface area contributed by atoms with Gasteiger partial charge in [-0.15, -0.1) is 0 Å². The minimum absolute atomic E-state index is 0.261. The van der Waals surface area contributed by atoms with Gasteiger partial charge in [-0.2, -0.15) is 0 Å². The highest BCUT2D eigenvalue weighted by molar-refractivity contribution is 6.07. The van der Waals surface area contributed by atoms with Gasteiger partial charge in [0, 0.05) is 12.0 Å². The number of carbonyl (C=O) groups is 3. The summed E-state index contributed by atoms with van der Waals surface area (Å²) >= 11 is 0. The number of nitrogens with zero attached hydrogens (tertiary/aromatic N) is 1. The minimum atomic E-state index is -1.24. The number of ketones is 1. The fourth-order valence-corrected chi connectivity index (χ4v) is 3.12. The molecule has 0 bridgehead atoms. The highest BCUT2D eigenvalue weighted by Crippen LogP contribution is 2.33. The van der Waals surface area contributed by atoms with Gasteiger partial charge in [0.25, 0.3) is 5.91 Å². The van der Waals surface area contributed by atoms with Crippen LogP contribution in [0.2, 0.25) is 0 Å². The zero-order valence-electron chi connectivity index (χ0n) is 16.1. The third kappa shape index (κ3) is 4.53. The number of aliphatic carboxylic acids is 1. The number of carboxylic acid groups (broad SMARTS) is 1. The lowest BCUT2D eigenvalue weighted by molar-refractivity contribution is -0.147. The van der Waals surface area contributed by atoms with Crippen LogP contribution < -0.4 is 5.32 Å². The van der Waals surface area contributed by atoms with Crippen LogP contribution in [0.1, 0.15) is 64.0 Å². The molecule has 1 aromatic rings. The summed E-state index contributed by atoms with van der Waals surface area (Å²) in [4.78, 5) is 41.0. The average molecular weight is 374 g/mol. The summed E-state index contributed by atoms with van der Waals surface area (Å²) in [5.41, 5.74) is 1.48. The number of rotatable bonds is 8. The molecule has 1 heterocycles. The first-order valence-electron chi connectivity index (χ1n) is 9.07. The first-order chi connectivity index (χ1) is 12.7. The minimum Gasteiger partial charge on any atom is -0.481 e. The summed E-state index contributed by atoms with van der Waals surface area (Å²) in [6.45, 7) is 7.21. The van der Waals surface area contributed by atoms with Crippen molar-refractivity contribution < 1.29 is 24.3 Å². The van der Waals surface area contributed by atoms with E-state index in [2.05, 4.69) is 24.3 Å². The number of hydrogen-bond donors (Lipinski definition) is 2. The van der Waals surface area contributed by atoms with Crippen LogP contribution in [0.4, 0.5) is 0 Å². The highest BCUT2D eigenvalue weighted by atomic mass is 16.7. The van der Waals surface area contributed by atoms with E-state index in [1.807, 2.05) is 24.3 Å². The van der Waals surface area contributed by atoms with Gasteiger partial charge in [-0.05, 0) is 24.8 Å². The van der Waals surface area contributed by atoms with Gasteiger partial charge in [-0.1, -0.05) is 50.2 Å². The summed E-state index contributed by atoms with van der Waals surface area (Å²) in [6.07, 6.45) is 0.134. The second-order valence-corrected chi connectivity index (χ2v) is 7.13.